The molecule has 1 aromatic carbocycles. The zero-order valence-corrected chi connectivity index (χ0v) is 10.5. The number of carbonyl (C=O) groups excluding carboxylic acids is 1. The van der Waals surface area contributed by atoms with E-state index in [1.807, 2.05) is 30.3 Å². The zero-order chi connectivity index (χ0) is 13.0. The maximum atomic E-state index is 11.6. The van der Waals surface area contributed by atoms with Crippen molar-refractivity contribution < 1.29 is 14.4 Å². The van der Waals surface area contributed by atoms with Crippen molar-refractivity contribution in [2.45, 2.75) is 19.1 Å². The summed E-state index contributed by atoms with van der Waals surface area (Å²) >= 11 is 0. The number of hydroxylamine groups is 2. The van der Waals surface area contributed by atoms with Crippen LogP contribution in [0.25, 0.3) is 0 Å². The molecule has 4 heteroatoms. The van der Waals surface area contributed by atoms with Crippen LogP contribution in [0.2, 0.25) is 0 Å². The number of amides is 1. The molecule has 0 bridgehead atoms. The summed E-state index contributed by atoms with van der Waals surface area (Å²) < 4.78 is 5.62. The van der Waals surface area contributed by atoms with E-state index in [4.69, 9.17) is 9.57 Å². The number of benzene rings is 1. The quantitative estimate of drug-likeness (QED) is 0.746. The van der Waals surface area contributed by atoms with Gasteiger partial charge in [0.2, 0.25) is 0 Å². The Morgan fingerprint density at radius 3 is 2.78 bits per heavy atom. The molecule has 1 heterocycles. The fourth-order valence-electron chi connectivity index (χ4n) is 2.02. The van der Waals surface area contributed by atoms with Gasteiger partial charge < -0.3 is 4.74 Å². The summed E-state index contributed by atoms with van der Waals surface area (Å²) in [5.74, 6) is -0.147. The van der Waals surface area contributed by atoms with E-state index >= 15 is 0 Å². The van der Waals surface area contributed by atoms with Crippen molar-refractivity contribution in [3.63, 3.8) is 0 Å². The van der Waals surface area contributed by atoms with Crippen LogP contribution in [0.3, 0.4) is 0 Å². The van der Waals surface area contributed by atoms with Gasteiger partial charge in [0.15, 0.2) is 0 Å². The van der Waals surface area contributed by atoms with Crippen LogP contribution < -0.4 is 0 Å². The lowest BCUT2D eigenvalue weighted by Crippen LogP contribution is -2.35. The number of hydrogen-bond donors (Lipinski definition) is 0. The molecule has 1 aromatic rings. The molecule has 0 aliphatic carbocycles. The summed E-state index contributed by atoms with van der Waals surface area (Å²) in [7, 11) is 1.49. The molecule has 1 unspecified atom stereocenters. The number of rotatable bonds is 5. The Morgan fingerprint density at radius 1 is 1.39 bits per heavy atom. The van der Waals surface area contributed by atoms with Gasteiger partial charge in [0.05, 0.1) is 26.4 Å². The highest BCUT2D eigenvalue weighted by Crippen LogP contribution is 2.23. The summed E-state index contributed by atoms with van der Waals surface area (Å²) in [5, 5.41) is 1.34. The molecule has 1 atom stereocenters. The lowest BCUT2D eigenvalue weighted by atomic mass is 10.2. The van der Waals surface area contributed by atoms with Crippen LogP contribution in [0.1, 0.15) is 12.0 Å². The topological polar surface area (TPSA) is 38.8 Å². The average molecular weight is 247 g/mol. The second kappa shape index (κ2) is 5.80. The van der Waals surface area contributed by atoms with E-state index in [9.17, 15) is 4.79 Å². The standard InChI is InChI=1S/C14H17NO3/c1-11-8-13(15(17-2)14(11)16)10-18-9-12-6-4-3-5-7-12/h3-7,13H,1,8-10H2,2H3. The van der Waals surface area contributed by atoms with Crippen LogP contribution in [0, 0.1) is 0 Å². The van der Waals surface area contributed by atoms with Crippen LogP contribution >= 0.6 is 0 Å². The van der Waals surface area contributed by atoms with Gasteiger partial charge in [-0.15, -0.1) is 0 Å². The lowest BCUT2D eigenvalue weighted by molar-refractivity contribution is -0.180. The molecule has 4 nitrogen and oxygen atoms in total. The van der Waals surface area contributed by atoms with Crippen LogP contribution in [0.15, 0.2) is 42.5 Å². The molecule has 2 rings (SSSR count). The minimum Gasteiger partial charge on any atom is -0.375 e. The smallest absolute Gasteiger partial charge is 0.273 e. The van der Waals surface area contributed by atoms with Crippen LogP contribution in [0.4, 0.5) is 0 Å². The first kappa shape index (κ1) is 12.8. The molecule has 1 amide bonds. The van der Waals surface area contributed by atoms with Crippen LogP contribution in [-0.2, 0) is 21.0 Å². The summed E-state index contributed by atoms with van der Waals surface area (Å²) in [5.41, 5.74) is 1.69. The van der Waals surface area contributed by atoms with Crippen molar-refractivity contribution in [1.82, 2.24) is 5.06 Å². The molecule has 0 spiro atoms. The van der Waals surface area contributed by atoms with Gasteiger partial charge in [-0.25, -0.2) is 5.06 Å². The van der Waals surface area contributed by atoms with Gasteiger partial charge in [-0.2, -0.15) is 0 Å². The van der Waals surface area contributed by atoms with Crippen molar-refractivity contribution in [1.29, 1.82) is 0 Å². The summed E-state index contributed by atoms with van der Waals surface area (Å²) in [4.78, 5) is 16.7. The summed E-state index contributed by atoms with van der Waals surface area (Å²) in [6.07, 6.45) is 0.599. The first-order valence-electron chi connectivity index (χ1n) is 5.89. The van der Waals surface area contributed by atoms with E-state index in [0.717, 1.165) is 5.56 Å². The molecule has 0 N–H and O–H groups in total. The minimum atomic E-state index is -0.147. The van der Waals surface area contributed by atoms with E-state index in [0.29, 0.717) is 25.2 Å². The van der Waals surface area contributed by atoms with E-state index in [1.165, 1.54) is 12.2 Å². The molecule has 0 aromatic heterocycles. The Morgan fingerprint density at radius 2 is 2.11 bits per heavy atom. The van der Waals surface area contributed by atoms with Gasteiger partial charge in [-0.05, 0) is 5.56 Å². The van der Waals surface area contributed by atoms with E-state index in [2.05, 4.69) is 6.58 Å². The van der Waals surface area contributed by atoms with Crippen LogP contribution in [-0.4, -0.2) is 30.7 Å². The van der Waals surface area contributed by atoms with Gasteiger partial charge in [0, 0.05) is 12.0 Å². The molecule has 1 aliphatic rings. The maximum absolute atomic E-state index is 11.6. The highest BCUT2D eigenvalue weighted by atomic mass is 16.7. The van der Waals surface area contributed by atoms with Crippen molar-refractivity contribution >= 4 is 5.91 Å². The van der Waals surface area contributed by atoms with Crippen molar-refractivity contribution in [3.05, 3.63) is 48.0 Å². The highest BCUT2D eigenvalue weighted by Gasteiger charge is 2.34. The second-order valence-corrected chi connectivity index (χ2v) is 4.28. The minimum absolute atomic E-state index is 0.0706. The number of nitrogens with zero attached hydrogens (tertiary/aromatic N) is 1. The summed E-state index contributed by atoms with van der Waals surface area (Å²) in [6.45, 7) is 4.71. The van der Waals surface area contributed by atoms with E-state index in [-0.39, 0.29) is 11.9 Å². The van der Waals surface area contributed by atoms with Crippen molar-refractivity contribution in [3.8, 4) is 0 Å². The van der Waals surface area contributed by atoms with Crippen LogP contribution in [0.5, 0.6) is 0 Å². The highest BCUT2D eigenvalue weighted by molar-refractivity contribution is 5.94. The van der Waals surface area contributed by atoms with Gasteiger partial charge in [-0.3, -0.25) is 9.63 Å². The third kappa shape index (κ3) is 2.78. The molecule has 1 fully saturated rings. The van der Waals surface area contributed by atoms with Gasteiger partial charge in [0.25, 0.3) is 5.91 Å². The summed E-state index contributed by atoms with van der Waals surface area (Å²) in [6, 6.07) is 9.86. The fourth-order valence-corrected chi connectivity index (χ4v) is 2.02. The third-order valence-electron chi connectivity index (χ3n) is 2.93. The molecular formula is C14H17NO3. The molecule has 18 heavy (non-hydrogen) atoms. The van der Waals surface area contributed by atoms with Gasteiger partial charge in [-0.1, -0.05) is 36.9 Å². The van der Waals surface area contributed by atoms with Crippen molar-refractivity contribution in [2.24, 2.45) is 0 Å². The van der Waals surface area contributed by atoms with E-state index < -0.39 is 0 Å². The maximum Gasteiger partial charge on any atom is 0.273 e. The predicted octanol–water partition coefficient (Wildman–Crippen LogP) is 1.92. The van der Waals surface area contributed by atoms with E-state index in [1.54, 1.807) is 0 Å². The molecule has 0 radical (unpaired) electrons. The lowest BCUT2D eigenvalue weighted by Gasteiger charge is -2.21. The first-order chi connectivity index (χ1) is 8.72. The Bertz CT molecular complexity index is 430. The van der Waals surface area contributed by atoms with Gasteiger partial charge >= 0.3 is 0 Å². The largest absolute Gasteiger partial charge is 0.375 e. The normalized spacial score (nSPS) is 19.6. The Balaban J connectivity index is 1.84. The molecule has 1 saturated heterocycles. The molecule has 96 valence electrons. The molecule has 1 aliphatic heterocycles. The molecular weight excluding hydrogens is 230 g/mol. The zero-order valence-electron chi connectivity index (χ0n) is 10.5. The second-order valence-electron chi connectivity index (χ2n) is 4.28. The predicted molar refractivity (Wildman–Crippen MR) is 67.5 cm³/mol. The third-order valence-corrected chi connectivity index (χ3v) is 2.93. The Hall–Kier alpha value is -1.65. The number of carbonyl (C=O) groups is 1. The van der Waals surface area contributed by atoms with Gasteiger partial charge in [0.1, 0.15) is 0 Å². The monoisotopic (exact) mass is 247 g/mol. The SMILES string of the molecule is C=C1CC(COCc2ccccc2)N(OC)C1=O. The average Bonchev–Trinajstić information content (AvgIpc) is 2.66. The Kier molecular flexibility index (Phi) is 4.12. The first-order valence-corrected chi connectivity index (χ1v) is 5.89. The molecule has 0 saturated carbocycles. The Labute approximate surface area is 107 Å². The fraction of sp³-hybridized carbons (Fsp3) is 0.357. The number of ether oxygens (including phenoxy) is 1. The number of hydrogen-bond acceptors (Lipinski definition) is 3. The van der Waals surface area contributed by atoms with Crippen molar-refractivity contribution in [2.75, 3.05) is 13.7 Å².